The van der Waals surface area contributed by atoms with Gasteiger partial charge in [0.1, 0.15) is 0 Å². The quantitative estimate of drug-likeness (QED) is 0.797. The molecule has 0 heterocycles. The van der Waals surface area contributed by atoms with Gasteiger partial charge in [-0.15, -0.1) is 11.8 Å². The van der Waals surface area contributed by atoms with Gasteiger partial charge in [-0.05, 0) is 18.1 Å². The van der Waals surface area contributed by atoms with Crippen LogP contribution < -0.4 is 5.73 Å². The van der Waals surface area contributed by atoms with Crippen molar-refractivity contribution in [2.75, 3.05) is 0 Å². The maximum atomic E-state index is 12.2. The zero-order valence-corrected chi connectivity index (χ0v) is 12.2. The largest absolute Gasteiger partial charge is 0.389 e. The minimum absolute atomic E-state index is 0.000148. The van der Waals surface area contributed by atoms with Gasteiger partial charge in [0.2, 0.25) is 0 Å². The van der Waals surface area contributed by atoms with Crippen LogP contribution in [0.5, 0.6) is 0 Å². The molecule has 0 aliphatic rings. The Labute approximate surface area is 116 Å². The van der Waals surface area contributed by atoms with E-state index in [1.54, 1.807) is 11.8 Å². The van der Waals surface area contributed by atoms with Crippen molar-refractivity contribution in [3.63, 3.8) is 0 Å². The highest BCUT2D eigenvalue weighted by Crippen LogP contribution is 2.37. The molecule has 0 unspecified atom stereocenters. The molecule has 1 rings (SSSR count). The second-order valence-corrected chi connectivity index (χ2v) is 7.38. The second-order valence-electron chi connectivity index (χ2n) is 5.51. The standard InChI is InChI=1S/C14H20F3NS/c1-13(2,3)19-12-7-5-4-6-10(12)11(18)8-9-14(15,16)17/h4-7,11H,8-9,18H2,1-3H3/t11-/m0/s1. The predicted octanol–water partition coefficient (Wildman–Crippen LogP) is 4.92. The van der Waals surface area contributed by atoms with E-state index in [9.17, 15) is 13.2 Å². The number of nitrogens with two attached hydrogens (primary N) is 1. The molecule has 1 aromatic carbocycles. The molecule has 1 aromatic rings. The highest BCUT2D eigenvalue weighted by atomic mass is 32.2. The highest BCUT2D eigenvalue weighted by Gasteiger charge is 2.28. The molecule has 0 aromatic heterocycles. The summed E-state index contributed by atoms with van der Waals surface area (Å²) in [7, 11) is 0. The van der Waals surface area contributed by atoms with Gasteiger partial charge in [-0.3, -0.25) is 0 Å². The van der Waals surface area contributed by atoms with E-state index in [0.29, 0.717) is 0 Å². The van der Waals surface area contributed by atoms with Gasteiger partial charge in [0.15, 0.2) is 0 Å². The number of hydrogen-bond donors (Lipinski definition) is 1. The van der Waals surface area contributed by atoms with Crippen molar-refractivity contribution in [3.05, 3.63) is 29.8 Å². The normalized spacial score (nSPS) is 14.5. The van der Waals surface area contributed by atoms with E-state index < -0.39 is 18.6 Å². The molecule has 0 aliphatic carbocycles. The molecule has 0 fully saturated rings. The second kappa shape index (κ2) is 6.18. The number of halogens is 3. The Morgan fingerprint density at radius 1 is 1.16 bits per heavy atom. The van der Waals surface area contributed by atoms with Crippen LogP contribution in [0.4, 0.5) is 13.2 Å². The molecule has 5 heteroatoms. The molecule has 19 heavy (non-hydrogen) atoms. The van der Waals surface area contributed by atoms with Crippen molar-refractivity contribution in [3.8, 4) is 0 Å². The molecule has 0 radical (unpaired) electrons. The third kappa shape index (κ3) is 6.34. The molecule has 0 saturated carbocycles. The fourth-order valence-corrected chi connectivity index (χ4v) is 2.83. The SMILES string of the molecule is CC(C)(C)Sc1ccccc1[C@@H](N)CCC(F)(F)F. The summed E-state index contributed by atoms with van der Waals surface area (Å²) < 4.78 is 36.7. The summed E-state index contributed by atoms with van der Waals surface area (Å²) in [5.41, 5.74) is 6.71. The molecule has 0 aliphatic heterocycles. The van der Waals surface area contributed by atoms with Crippen LogP contribution in [0, 0.1) is 0 Å². The first-order valence-corrected chi connectivity index (χ1v) is 7.00. The third-order valence-corrected chi connectivity index (χ3v) is 3.68. The molecule has 0 bridgehead atoms. The lowest BCUT2D eigenvalue weighted by Gasteiger charge is -2.22. The zero-order valence-electron chi connectivity index (χ0n) is 11.4. The average Bonchev–Trinajstić information content (AvgIpc) is 2.23. The summed E-state index contributed by atoms with van der Waals surface area (Å²) >= 11 is 1.63. The summed E-state index contributed by atoms with van der Waals surface area (Å²) in [5.74, 6) is 0. The lowest BCUT2D eigenvalue weighted by Crippen LogP contribution is -2.17. The minimum atomic E-state index is -4.15. The number of benzene rings is 1. The summed E-state index contributed by atoms with van der Waals surface area (Å²) in [6.45, 7) is 6.20. The first kappa shape index (κ1) is 16.4. The number of alkyl halides is 3. The fourth-order valence-electron chi connectivity index (χ4n) is 1.68. The maximum Gasteiger partial charge on any atom is 0.389 e. The van der Waals surface area contributed by atoms with Crippen LogP contribution in [0.1, 0.15) is 45.2 Å². The van der Waals surface area contributed by atoms with Crippen LogP contribution in [0.25, 0.3) is 0 Å². The van der Waals surface area contributed by atoms with Crippen LogP contribution in [0.3, 0.4) is 0 Å². The third-order valence-electron chi connectivity index (χ3n) is 2.47. The van der Waals surface area contributed by atoms with Crippen LogP contribution >= 0.6 is 11.8 Å². The topological polar surface area (TPSA) is 26.0 Å². The zero-order chi connectivity index (χ0) is 14.7. The van der Waals surface area contributed by atoms with Gasteiger partial charge in [-0.2, -0.15) is 13.2 Å². The van der Waals surface area contributed by atoms with Crippen molar-refractivity contribution in [1.29, 1.82) is 0 Å². The number of rotatable bonds is 4. The van der Waals surface area contributed by atoms with Crippen LogP contribution in [0.15, 0.2) is 29.2 Å². The van der Waals surface area contributed by atoms with Crippen molar-refractivity contribution in [1.82, 2.24) is 0 Å². The van der Waals surface area contributed by atoms with E-state index in [4.69, 9.17) is 5.73 Å². The number of hydrogen-bond acceptors (Lipinski definition) is 2. The van der Waals surface area contributed by atoms with E-state index >= 15 is 0 Å². The van der Waals surface area contributed by atoms with Crippen molar-refractivity contribution in [2.45, 2.75) is 55.5 Å². The highest BCUT2D eigenvalue weighted by molar-refractivity contribution is 8.00. The van der Waals surface area contributed by atoms with Gasteiger partial charge >= 0.3 is 6.18 Å². The van der Waals surface area contributed by atoms with E-state index in [-0.39, 0.29) is 11.2 Å². The molecular formula is C14H20F3NS. The Morgan fingerprint density at radius 2 is 1.74 bits per heavy atom. The Hall–Kier alpha value is -0.680. The first-order chi connectivity index (χ1) is 8.58. The minimum Gasteiger partial charge on any atom is -0.324 e. The molecule has 108 valence electrons. The van der Waals surface area contributed by atoms with Crippen LogP contribution in [-0.4, -0.2) is 10.9 Å². The average molecular weight is 291 g/mol. The van der Waals surface area contributed by atoms with Crippen LogP contribution in [-0.2, 0) is 0 Å². The van der Waals surface area contributed by atoms with E-state index in [1.807, 2.05) is 24.3 Å². The van der Waals surface area contributed by atoms with E-state index in [0.717, 1.165) is 10.5 Å². The predicted molar refractivity (Wildman–Crippen MR) is 74.3 cm³/mol. The summed E-state index contributed by atoms with van der Waals surface area (Å²) in [6, 6.07) is 6.85. The molecule has 0 spiro atoms. The Kier molecular flexibility index (Phi) is 5.33. The van der Waals surface area contributed by atoms with Crippen molar-refractivity contribution in [2.24, 2.45) is 5.73 Å². The first-order valence-electron chi connectivity index (χ1n) is 6.19. The van der Waals surface area contributed by atoms with Gasteiger partial charge in [-0.1, -0.05) is 39.0 Å². The summed E-state index contributed by atoms with van der Waals surface area (Å²) in [6.07, 6.45) is -5.07. The van der Waals surface area contributed by atoms with Gasteiger partial charge in [0.25, 0.3) is 0 Å². The van der Waals surface area contributed by atoms with Gasteiger partial charge < -0.3 is 5.73 Å². The molecule has 1 nitrogen and oxygen atoms in total. The maximum absolute atomic E-state index is 12.2. The summed E-state index contributed by atoms with van der Waals surface area (Å²) in [5, 5.41) is 0. The van der Waals surface area contributed by atoms with Gasteiger partial charge in [0.05, 0.1) is 0 Å². The Bertz CT molecular complexity index is 410. The van der Waals surface area contributed by atoms with Gasteiger partial charge in [0, 0.05) is 22.1 Å². The Morgan fingerprint density at radius 3 is 2.26 bits per heavy atom. The molecule has 0 amide bonds. The molecule has 0 saturated heterocycles. The Balaban J connectivity index is 2.82. The lowest BCUT2D eigenvalue weighted by molar-refractivity contribution is -0.136. The van der Waals surface area contributed by atoms with E-state index in [2.05, 4.69) is 20.8 Å². The van der Waals surface area contributed by atoms with Crippen molar-refractivity contribution >= 4 is 11.8 Å². The molecule has 2 N–H and O–H groups in total. The number of thioether (sulfide) groups is 1. The van der Waals surface area contributed by atoms with E-state index in [1.165, 1.54) is 0 Å². The fraction of sp³-hybridized carbons (Fsp3) is 0.571. The van der Waals surface area contributed by atoms with Crippen LogP contribution in [0.2, 0.25) is 0 Å². The monoisotopic (exact) mass is 291 g/mol. The lowest BCUT2D eigenvalue weighted by atomic mass is 10.0. The van der Waals surface area contributed by atoms with Gasteiger partial charge in [-0.25, -0.2) is 0 Å². The van der Waals surface area contributed by atoms with Crippen molar-refractivity contribution < 1.29 is 13.2 Å². The molecule has 1 atom stereocenters. The molecular weight excluding hydrogens is 271 g/mol. The smallest absolute Gasteiger partial charge is 0.324 e. The summed E-state index contributed by atoms with van der Waals surface area (Å²) in [4.78, 5) is 0.963.